The summed E-state index contributed by atoms with van der Waals surface area (Å²) in [6.07, 6.45) is 2.46. The molecule has 0 saturated carbocycles. The second-order valence-electron chi connectivity index (χ2n) is 4.54. The van der Waals surface area contributed by atoms with E-state index in [0.29, 0.717) is 12.5 Å². The zero-order chi connectivity index (χ0) is 12.7. The number of carbonyl (C=O) groups excluding carboxylic acids is 1. The van der Waals surface area contributed by atoms with Crippen molar-refractivity contribution in [3.63, 3.8) is 0 Å². The van der Waals surface area contributed by atoms with Gasteiger partial charge in [-0.1, -0.05) is 44.2 Å². The van der Waals surface area contributed by atoms with Gasteiger partial charge in [0.05, 0.1) is 6.61 Å². The predicted molar refractivity (Wildman–Crippen MR) is 70.5 cm³/mol. The molecule has 0 aliphatic heterocycles. The van der Waals surface area contributed by atoms with Crippen molar-refractivity contribution >= 4 is 11.5 Å². The Balaban J connectivity index is 2.49. The molecule has 1 rings (SSSR count). The monoisotopic (exact) mass is 232 g/mol. The highest BCUT2D eigenvalue weighted by molar-refractivity contribution is 5.90. The summed E-state index contributed by atoms with van der Waals surface area (Å²) in [5.41, 5.74) is 1.98. The average molecular weight is 232 g/mol. The number of allylic oxidation sites excluding steroid dienone is 1. The predicted octanol–water partition coefficient (Wildman–Crippen LogP) is 3.68. The fourth-order valence-electron chi connectivity index (χ4n) is 1.40. The lowest BCUT2D eigenvalue weighted by atomic mass is 10.1. The summed E-state index contributed by atoms with van der Waals surface area (Å²) in [5, 5.41) is 0. The van der Waals surface area contributed by atoms with Gasteiger partial charge in [0.1, 0.15) is 0 Å². The fraction of sp³-hybridized carbons (Fsp3) is 0.400. The first-order valence-electron chi connectivity index (χ1n) is 6.00. The first-order chi connectivity index (χ1) is 8.09. The van der Waals surface area contributed by atoms with Crippen LogP contribution in [-0.2, 0) is 9.53 Å². The SMILES string of the molecule is CC(=CC(=O)OCCC(C)C)c1ccccc1. The van der Waals surface area contributed by atoms with E-state index in [1.807, 2.05) is 37.3 Å². The molecular formula is C15H20O2. The lowest BCUT2D eigenvalue weighted by Crippen LogP contribution is -2.05. The van der Waals surface area contributed by atoms with Gasteiger partial charge >= 0.3 is 5.97 Å². The minimum absolute atomic E-state index is 0.257. The first-order valence-corrected chi connectivity index (χ1v) is 6.00. The van der Waals surface area contributed by atoms with E-state index < -0.39 is 0 Å². The molecule has 0 radical (unpaired) electrons. The summed E-state index contributed by atoms with van der Waals surface area (Å²) >= 11 is 0. The third-order valence-corrected chi connectivity index (χ3v) is 2.50. The van der Waals surface area contributed by atoms with E-state index in [9.17, 15) is 4.79 Å². The van der Waals surface area contributed by atoms with Crippen LogP contribution in [0.4, 0.5) is 0 Å². The molecule has 2 heteroatoms. The minimum Gasteiger partial charge on any atom is -0.463 e. The van der Waals surface area contributed by atoms with Crippen LogP contribution in [0.2, 0.25) is 0 Å². The number of ether oxygens (including phenoxy) is 1. The number of hydrogen-bond donors (Lipinski definition) is 0. The molecule has 0 aliphatic rings. The Morgan fingerprint density at radius 2 is 1.94 bits per heavy atom. The molecule has 1 aromatic rings. The standard InChI is InChI=1S/C15H20O2/c1-12(2)9-10-17-15(16)11-13(3)14-7-5-4-6-8-14/h4-8,11-12H,9-10H2,1-3H3. The molecule has 0 atom stereocenters. The third kappa shape index (κ3) is 5.34. The van der Waals surface area contributed by atoms with Crippen molar-refractivity contribution in [3.05, 3.63) is 42.0 Å². The van der Waals surface area contributed by atoms with E-state index in [0.717, 1.165) is 17.6 Å². The molecule has 0 heterocycles. The summed E-state index contributed by atoms with van der Waals surface area (Å²) in [7, 11) is 0. The highest BCUT2D eigenvalue weighted by Crippen LogP contribution is 2.12. The highest BCUT2D eigenvalue weighted by atomic mass is 16.5. The van der Waals surface area contributed by atoms with E-state index in [1.54, 1.807) is 6.08 Å². The Kier molecular flexibility index (Phi) is 5.47. The Morgan fingerprint density at radius 1 is 1.29 bits per heavy atom. The largest absolute Gasteiger partial charge is 0.463 e. The molecule has 0 bridgehead atoms. The van der Waals surface area contributed by atoms with Gasteiger partial charge < -0.3 is 4.74 Å². The van der Waals surface area contributed by atoms with Crippen LogP contribution >= 0.6 is 0 Å². The first kappa shape index (κ1) is 13.5. The van der Waals surface area contributed by atoms with Gasteiger partial charge in [0.2, 0.25) is 0 Å². The Labute approximate surface area is 103 Å². The summed E-state index contributed by atoms with van der Waals surface area (Å²) in [4.78, 5) is 11.5. The summed E-state index contributed by atoms with van der Waals surface area (Å²) in [5.74, 6) is 0.300. The molecule has 0 fully saturated rings. The number of carbonyl (C=O) groups is 1. The van der Waals surface area contributed by atoms with E-state index in [-0.39, 0.29) is 5.97 Å². The van der Waals surface area contributed by atoms with Crippen molar-refractivity contribution in [3.8, 4) is 0 Å². The quantitative estimate of drug-likeness (QED) is 0.572. The molecule has 0 N–H and O–H groups in total. The van der Waals surface area contributed by atoms with Crippen LogP contribution in [0.25, 0.3) is 5.57 Å². The zero-order valence-corrected chi connectivity index (χ0v) is 10.8. The molecule has 0 saturated heterocycles. The molecule has 0 amide bonds. The van der Waals surface area contributed by atoms with E-state index in [1.165, 1.54) is 0 Å². The van der Waals surface area contributed by atoms with Crippen LogP contribution in [0.5, 0.6) is 0 Å². The maximum atomic E-state index is 11.5. The lowest BCUT2D eigenvalue weighted by Gasteiger charge is -2.05. The fourth-order valence-corrected chi connectivity index (χ4v) is 1.40. The normalized spacial score (nSPS) is 11.6. The molecule has 2 nitrogen and oxygen atoms in total. The van der Waals surface area contributed by atoms with Crippen LogP contribution in [0.15, 0.2) is 36.4 Å². The number of benzene rings is 1. The van der Waals surface area contributed by atoms with Crippen molar-refractivity contribution in [1.29, 1.82) is 0 Å². The van der Waals surface area contributed by atoms with Crippen molar-refractivity contribution < 1.29 is 9.53 Å². The zero-order valence-electron chi connectivity index (χ0n) is 10.8. The van der Waals surface area contributed by atoms with Crippen LogP contribution in [0, 0.1) is 5.92 Å². The number of rotatable bonds is 5. The van der Waals surface area contributed by atoms with Gasteiger partial charge in [-0.25, -0.2) is 4.79 Å². The van der Waals surface area contributed by atoms with Gasteiger partial charge in [-0.05, 0) is 30.4 Å². The smallest absolute Gasteiger partial charge is 0.331 e. The van der Waals surface area contributed by atoms with Gasteiger partial charge in [-0.15, -0.1) is 0 Å². The van der Waals surface area contributed by atoms with E-state index in [2.05, 4.69) is 13.8 Å². The topological polar surface area (TPSA) is 26.3 Å². The van der Waals surface area contributed by atoms with Gasteiger partial charge in [0.15, 0.2) is 0 Å². The lowest BCUT2D eigenvalue weighted by molar-refractivity contribution is -0.138. The van der Waals surface area contributed by atoms with Crippen molar-refractivity contribution in [2.45, 2.75) is 27.2 Å². The molecule has 17 heavy (non-hydrogen) atoms. The van der Waals surface area contributed by atoms with E-state index in [4.69, 9.17) is 4.74 Å². The van der Waals surface area contributed by atoms with Crippen molar-refractivity contribution in [1.82, 2.24) is 0 Å². The minimum atomic E-state index is -0.257. The molecule has 0 aliphatic carbocycles. The van der Waals surface area contributed by atoms with Gasteiger partial charge in [-0.2, -0.15) is 0 Å². The molecule has 92 valence electrons. The van der Waals surface area contributed by atoms with Crippen LogP contribution in [-0.4, -0.2) is 12.6 Å². The molecule has 0 spiro atoms. The number of hydrogen-bond acceptors (Lipinski definition) is 2. The van der Waals surface area contributed by atoms with Gasteiger partial charge in [0, 0.05) is 6.08 Å². The second-order valence-corrected chi connectivity index (χ2v) is 4.54. The molecule has 0 unspecified atom stereocenters. The summed E-state index contributed by atoms with van der Waals surface area (Å²) < 4.78 is 5.13. The highest BCUT2D eigenvalue weighted by Gasteiger charge is 2.02. The molecule has 1 aromatic carbocycles. The van der Waals surface area contributed by atoms with Gasteiger partial charge in [0.25, 0.3) is 0 Å². The van der Waals surface area contributed by atoms with Crippen molar-refractivity contribution in [2.24, 2.45) is 5.92 Å². The average Bonchev–Trinajstić information content (AvgIpc) is 2.29. The maximum absolute atomic E-state index is 11.5. The summed E-state index contributed by atoms with van der Waals surface area (Å²) in [6, 6.07) is 9.83. The van der Waals surface area contributed by atoms with Crippen molar-refractivity contribution in [2.75, 3.05) is 6.61 Å². The van der Waals surface area contributed by atoms with Gasteiger partial charge in [-0.3, -0.25) is 0 Å². The second kappa shape index (κ2) is 6.89. The Morgan fingerprint density at radius 3 is 2.53 bits per heavy atom. The maximum Gasteiger partial charge on any atom is 0.331 e. The molecular weight excluding hydrogens is 212 g/mol. The number of esters is 1. The van der Waals surface area contributed by atoms with Crippen LogP contribution in [0.1, 0.15) is 32.8 Å². The Hall–Kier alpha value is -1.57. The Bertz CT molecular complexity index is 377. The van der Waals surface area contributed by atoms with Crippen LogP contribution in [0.3, 0.4) is 0 Å². The third-order valence-electron chi connectivity index (χ3n) is 2.50. The molecule has 0 aromatic heterocycles. The van der Waals surface area contributed by atoms with E-state index >= 15 is 0 Å². The van der Waals surface area contributed by atoms with Crippen LogP contribution < -0.4 is 0 Å². The summed E-state index contributed by atoms with van der Waals surface area (Å²) in [6.45, 7) is 6.63.